The van der Waals surface area contributed by atoms with E-state index in [0.717, 1.165) is 0 Å². The van der Waals surface area contributed by atoms with E-state index in [0.29, 0.717) is 0 Å². The molecular weight excluding hydrogens is 193 g/mol. The van der Waals surface area contributed by atoms with Gasteiger partial charge in [-0.25, -0.2) is 0 Å². The van der Waals surface area contributed by atoms with Crippen LogP contribution in [-0.2, 0) is 0 Å². The van der Waals surface area contributed by atoms with E-state index in [2.05, 4.69) is 0 Å². The Morgan fingerprint density at radius 2 is 0.750 bits per heavy atom. The van der Waals surface area contributed by atoms with Crippen LogP contribution in [0.4, 0.5) is 0 Å². The second-order valence-electron chi connectivity index (χ2n) is 0. The zero-order chi connectivity index (χ0) is 0. The van der Waals surface area contributed by atoms with Gasteiger partial charge in [0.1, 0.15) is 0 Å². The second-order valence-corrected chi connectivity index (χ2v) is 0. The van der Waals surface area contributed by atoms with Crippen LogP contribution < -0.4 is 0 Å². The van der Waals surface area contributed by atoms with Crippen molar-refractivity contribution in [3.8, 4) is 0 Å². The van der Waals surface area contributed by atoms with E-state index < -0.39 is 0 Å². The topological polar surface area (TPSA) is 0 Å². The first-order valence-electron chi connectivity index (χ1n) is 0. The zero-order valence-corrected chi connectivity index (χ0v) is 2.45. The first kappa shape index (κ1) is 36.8. The standard InChI is InChI=1S/2ClH.In.Li.4H/h2*1H;;;;;;. The molecule has 0 aromatic carbocycles. The Labute approximate surface area is 68.9 Å². The van der Waals surface area contributed by atoms with E-state index in [9.17, 15) is 0 Å². The molecule has 0 N–H and O–H groups in total. The molecule has 0 rings (SSSR count). The third-order valence-electron chi connectivity index (χ3n) is 0. The number of rotatable bonds is 0. The van der Waals surface area contributed by atoms with Gasteiger partial charge in [0.15, 0.2) is 0 Å². The summed E-state index contributed by atoms with van der Waals surface area (Å²) >= 11 is 0. The van der Waals surface area contributed by atoms with Crippen molar-refractivity contribution in [3.05, 3.63) is 0 Å². The van der Waals surface area contributed by atoms with Gasteiger partial charge in [0.25, 0.3) is 0 Å². The Kier molecular flexibility index (Phi) is 181. The van der Waals surface area contributed by atoms with Gasteiger partial charge in [-0.05, 0) is 0 Å². The van der Waals surface area contributed by atoms with E-state index in [1.54, 1.807) is 0 Å². The molecule has 0 unspecified atom stereocenters. The van der Waals surface area contributed by atoms with Crippen LogP contribution in [-0.4, -0.2) is 44.7 Å². The molecule has 0 atom stereocenters. The Bertz CT molecular complexity index is 6.00. The number of hydrogen-bond acceptors (Lipinski definition) is 0. The first-order chi connectivity index (χ1) is 0. The summed E-state index contributed by atoms with van der Waals surface area (Å²) in [6, 6.07) is 0. The Balaban J connectivity index is 0. The zero-order valence-electron chi connectivity index (χ0n) is 0.816. The fourth-order valence-electron chi connectivity index (χ4n) is 0. The summed E-state index contributed by atoms with van der Waals surface area (Å²) in [5.41, 5.74) is 0. The average Bonchev–Trinajstić information content (AvgIpc) is 0. The van der Waals surface area contributed by atoms with Crippen molar-refractivity contribution in [2.24, 2.45) is 0 Å². The van der Waals surface area contributed by atoms with Crippen LogP contribution in [0, 0.1) is 0 Å². The summed E-state index contributed by atoms with van der Waals surface area (Å²) in [7, 11) is 0. The van der Waals surface area contributed by atoms with Gasteiger partial charge in [0.05, 0.1) is 0 Å². The molecule has 0 aliphatic carbocycles. The van der Waals surface area contributed by atoms with Crippen molar-refractivity contribution >= 4 is 69.5 Å². The molecule has 0 radical (unpaired) electrons. The maximum atomic E-state index is 0. The molecule has 0 fully saturated rings. The molecule has 0 aliphatic rings. The molecule has 0 aliphatic heterocycles. The van der Waals surface area contributed by atoms with Gasteiger partial charge < -0.3 is 0 Å². The van der Waals surface area contributed by atoms with Crippen molar-refractivity contribution in [2.45, 2.75) is 0 Å². The minimum absolute atomic E-state index is 0. The van der Waals surface area contributed by atoms with Crippen LogP contribution in [0.3, 0.4) is 0 Å². The third kappa shape index (κ3) is 8.97. The van der Waals surface area contributed by atoms with Crippen molar-refractivity contribution in [1.29, 1.82) is 0 Å². The van der Waals surface area contributed by atoms with Gasteiger partial charge >= 0.3 is 44.7 Å². The quantitative estimate of drug-likeness (QED) is 0.439. The molecule has 24 valence electrons. The number of halogens is 2. The molecule has 0 saturated heterocycles. The van der Waals surface area contributed by atoms with Gasteiger partial charge in [0.2, 0.25) is 0 Å². The average molecular weight is 199 g/mol. The predicted octanol–water partition coefficient (Wildman–Crippen LogP) is -0.989. The van der Waals surface area contributed by atoms with Crippen molar-refractivity contribution in [1.82, 2.24) is 0 Å². The maximum absolute atomic E-state index is 0. The van der Waals surface area contributed by atoms with E-state index in [1.165, 1.54) is 0 Å². The van der Waals surface area contributed by atoms with Gasteiger partial charge in [-0.2, -0.15) is 0 Å². The fraction of sp³-hybridized carbons (Fsp3) is 0. The molecule has 0 amide bonds. The molecule has 4 heavy (non-hydrogen) atoms. The minimum atomic E-state index is 0. The third-order valence-corrected chi connectivity index (χ3v) is 0. The Morgan fingerprint density at radius 1 is 0.750 bits per heavy atom. The predicted molar refractivity (Wildman–Crippen MR) is 31.6 cm³/mol. The molecule has 0 nitrogen and oxygen atoms in total. The monoisotopic (exact) mass is 198 g/mol. The van der Waals surface area contributed by atoms with Crippen molar-refractivity contribution in [3.63, 3.8) is 0 Å². The fourth-order valence-corrected chi connectivity index (χ4v) is 0. The van der Waals surface area contributed by atoms with E-state index >= 15 is 0 Å². The summed E-state index contributed by atoms with van der Waals surface area (Å²) in [5, 5.41) is 0. The summed E-state index contributed by atoms with van der Waals surface area (Å²) < 4.78 is 0. The first-order valence-corrected chi connectivity index (χ1v) is 0. The van der Waals surface area contributed by atoms with Crippen LogP contribution in [0.1, 0.15) is 0 Å². The Morgan fingerprint density at radius 3 is 0.750 bits per heavy atom. The summed E-state index contributed by atoms with van der Waals surface area (Å²) in [6.07, 6.45) is 0. The molecule has 0 spiro atoms. The van der Waals surface area contributed by atoms with Crippen molar-refractivity contribution in [2.75, 3.05) is 0 Å². The number of hydrogen-bond donors (Lipinski definition) is 0. The molecule has 0 aromatic rings. The van der Waals surface area contributed by atoms with Crippen LogP contribution in [0.25, 0.3) is 0 Å². The van der Waals surface area contributed by atoms with E-state index in [4.69, 9.17) is 0 Å². The van der Waals surface area contributed by atoms with Gasteiger partial charge in [-0.1, -0.05) is 0 Å². The van der Waals surface area contributed by atoms with Crippen LogP contribution in [0.2, 0.25) is 0 Å². The molecule has 0 heterocycles. The van der Waals surface area contributed by atoms with Crippen LogP contribution in [0.15, 0.2) is 0 Å². The van der Waals surface area contributed by atoms with E-state index in [1.807, 2.05) is 0 Å². The van der Waals surface area contributed by atoms with Gasteiger partial charge in [0, 0.05) is 0 Å². The normalized spacial score (nSPS) is 0. The van der Waals surface area contributed by atoms with E-state index in [-0.39, 0.29) is 69.5 Å². The SMILES string of the molecule is Cl.Cl.[InH3].[LiH]. The summed E-state index contributed by atoms with van der Waals surface area (Å²) in [5.74, 6) is 0. The van der Waals surface area contributed by atoms with Crippen LogP contribution in [0.5, 0.6) is 0 Å². The Hall–Kier alpha value is 2.05. The molecule has 0 aromatic heterocycles. The molecule has 4 heteroatoms. The second kappa shape index (κ2) is 19.7. The summed E-state index contributed by atoms with van der Waals surface area (Å²) in [6.45, 7) is 0. The van der Waals surface area contributed by atoms with Gasteiger partial charge in [-0.3, -0.25) is 0 Å². The molecule has 0 saturated carbocycles. The molecule has 0 bridgehead atoms. The van der Waals surface area contributed by atoms with Crippen molar-refractivity contribution < 1.29 is 0 Å². The molecular formula is H6Cl2InLi. The van der Waals surface area contributed by atoms with Crippen LogP contribution >= 0.6 is 24.8 Å². The summed E-state index contributed by atoms with van der Waals surface area (Å²) in [4.78, 5) is 0. The van der Waals surface area contributed by atoms with Gasteiger partial charge in [-0.15, -0.1) is 24.8 Å².